The Morgan fingerprint density at radius 1 is 1.47 bits per heavy atom. The SMILES string of the molecule is CN=C/C(C=O)=C(\N)c1ccccc1Cl. The first-order valence-corrected chi connectivity index (χ1v) is 4.70. The van der Waals surface area contributed by atoms with Crippen LogP contribution in [-0.4, -0.2) is 19.5 Å². The molecule has 78 valence electrons. The van der Waals surface area contributed by atoms with E-state index in [9.17, 15) is 4.79 Å². The third-order valence-electron chi connectivity index (χ3n) is 1.87. The first-order chi connectivity index (χ1) is 7.20. The highest BCUT2D eigenvalue weighted by atomic mass is 35.5. The maximum atomic E-state index is 10.7. The first-order valence-electron chi connectivity index (χ1n) is 4.32. The summed E-state index contributed by atoms with van der Waals surface area (Å²) in [5, 5.41) is 0.513. The second kappa shape index (κ2) is 5.32. The molecule has 0 aromatic heterocycles. The molecule has 0 heterocycles. The molecule has 0 bridgehead atoms. The van der Waals surface area contributed by atoms with Crippen molar-refractivity contribution in [3.05, 3.63) is 40.4 Å². The van der Waals surface area contributed by atoms with Gasteiger partial charge in [0.2, 0.25) is 0 Å². The second-order valence-electron chi connectivity index (χ2n) is 2.85. The highest BCUT2D eigenvalue weighted by Crippen LogP contribution is 2.21. The Hall–Kier alpha value is -1.61. The maximum Gasteiger partial charge on any atom is 0.153 e. The van der Waals surface area contributed by atoms with Crippen LogP contribution in [0.5, 0.6) is 0 Å². The Bertz CT molecular complexity index is 424. The lowest BCUT2D eigenvalue weighted by molar-refractivity contribution is -0.104. The van der Waals surface area contributed by atoms with Crippen LogP contribution in [0.2, 0.25) is 5.02 Å². The summed E-state index contributed by atoms with van der Waals surface area (Å²) >= 11 is 5.95. The van der Waals surface area contributed by atoms with E-state index in [1.807, 2.05) is 0 Å². The van der Waals surface area contributed by atoms with Crippen LogP contribution in [-0.2, 0) is 4.79 Å². The summed E-state index contributed by atoms with van der Waals surface area (Å²) in [6.45, 7) is 0. The fraction of sp³-hybridized carbons (Fsp3) is 0.0909. The molecule has 0 unspecified atom stereocenters. The lowest BCUT2D eigenvalue weighted by atomic mass is 10.1. The average Bonchev–Trinajstić information content (AvgIpc) is 2.25. The van der Waals surface area contributed by atoms with Gasteiger partial charge in [-0.15, -0.1) is 0 Å². The predicted octanol–water partition coefficient (Wildman–Crippen LogP) is 1.91. The minimum Gasteiger partial charge on any atom is -0.398 e. The number of benzene rings is 1. The van der Waals surface area contributed by atoms with Crippen molar-refractivity contribution in [3.8, 4) is 0 Å². The van der Waals surface area contributed by atoms with Gasteiger partial charge in [0.05, 0.1) is 11.3 Å². The van der Waals surface area contributed by atoms with Crippen molar-refractivity contribution in [2.24, 2.45) is 10.7 Å². The number of hydrogen-bond acceptors (Lipinski definition) is 3. The summed E-state index contributed by atoms with van der Waals surface area (Å²) in [6.07, 6.45) is 2.07. The Kier molecular flexibility index (Phi) is 4.06. The molecule has 0 amide bonds. The van der Waals surface area contributed by atoms with Crippen LogP contribution >= 0.6 is 11.6 Å². The molecule has 0 atom stereocenters. The van der Waals surface area contributed by atoms with Crippen molar-refractivity contribution >= 4 is 29.8 Å². The molecule has 1 aromatic rings. The number of halogens is 1. The van der Waals surface area contributed by atoms with Gasteiger partial charge in [0.25, 0.3) is 0 Å². The molecule has 3 nitrogen and oxygen atoms in total. The van der Waals surface area contributed by atoms with Crippen molar-refractivity contribution in [2.75, 3.05) is 7.05 Å². The van der Waals surface area contributed by atoms with Gasteiger partial charge in [-0.2, -0.15) is 0 Å². The molecule has 0 radical (unpaired) electrons. The molecule has 1 aromatic carbocycles. The lowest BCUT2D eigenvalue weighted by Crippen LogP contribution is -2.04. The van der Waals surface area contributed by atoms with Crippen LogP contribution in [0.4, 0.5) is 0 Å². The van der Waals surface area contributed by atoms with Gasteiger partial charge in [-0.05, 0) is 6.07 Å². The van der Waals surface area contributed by atoms with Crippen molar-refractivity contribution in [3.63, 3.8) is 0 Å². The fourth-order valence-electron chi connectivity index (χ4n) is 1.14. The summed E-state index contributed by atoms with van der Waals surface area (Å²) < 4.78 is 0. The van der Waals surface area contributed by atoms with Gasteiger partial charge in [0.1, 0.15) is 0 Å². The molecular formula is C11H11ClN2O. The predicted molar refractivity (Wildman–Crippen MR) is 63.0 cm³/mol. The van der Waals surface area contributed by atoms with Crippen molar-refractivity contribution in [2.45, 2.75) is 0 Å². The van der Waals surface area contributed by atoms with E-state index >= 15 is 0 Å². The van der Waals surface area contributed by atoms with Gasteiger partial charge >= 0.3 is 0 Å². The summed E-state index contributed by atoms with van der Waals surface area (Å²) in [6, 6.07) is 7.08. The normalized spacial score (nSPS) is 12.7. The van der Waals surface area contributed by atoms with Crippen LogP contribution < -0.4 is 5.73 Å². The van der Waals surface area contributed by atoms with Crippen molar-refractivity contribution < 1.29 is 4.79 Å². The first kappa shape index (κ1) is 11.5. The Morgan fingerprint density at radius 2 is 2.13 bits per heavy atom. The van der Waals surface area contributed by atoms with Crippen LogP contribution in [0.1, 0.15) is 5.56 Å². The van der Waals surface area contributed by atoms with Crippen molar-refractivity contribution in [1.29, 1.82) is 0 Å². The highest BCUT2D eigenvalue weighted by Gasteiger charge is 2.06. The minimum atomic E-state index is 0.325. The Morgan fingerprint density at radius 3 is 2.67 bits per heavy atom. The lowest BCUT2D eigenvalue weighted by Gasteiger charge is -2.05. The van der Waals surface area contributed by atoms with Gasteiger partial charge in [-0.25, -0.2) is 0 Å². The molecule has 4 heteroatoms. The van der Waals surface area contributed by atoms with E-state index in [0.717, 1.165) is 0 Å². The van der Waals surface area contributed by atoms with E-state index in [4.69, 9.17) is 17.3 Å². The summed E-state index contributed by atoms with van der Waals surface area (Å²) in [5.41, 5.74) is 7.11. The smallest absolute Gasteiger partial charge is 0.153 e. The van der Waals surface area contributed by atoms with Crippen LogP contribution in [0.15, 0.2) is 34.8 Å². The number of nitrogens with two attached hydrogens (primary N) is 1. The Balaban J connectivity index is 3.28. The molecule has 15 heavy (non-hydrogen) atoms. The van der Waals surface area contributed by atoms with Crippen LogP contribution in [0, 0.1) is 0 Å². The standard InChI is InChI=1S/C11H11ClN2O/c1-14-6-8(7-15)11(13)9-4-2-3-5-10(9)12/h2-7H,13H2,1H3/b11-8+,14-6?. The van der Waals surface area contributed by atoms with Crippen molar-refractivity contribution in [1.82, 2.24) is 0 Å². The van der Waals surface area contributed by atoms with E-state index in [1.54, 1.807) is 31.3 Å². The van der Waals surface area contributed by atoms with Gasteiger partial charge < -0.3 is 5.73 Å². The van der Waals surface area contributed by atoms with E-state index in [-0.39, 0.29) is 0 Å². The summed E-state index contributed by atoms with van der Waals surface area (Å²) in [7, 11) is 1.57. The van der Waals surface area contributed by atoms with Gasteiger partial charge in [0.15, 0.2) is 6.29 Å². The number of carbonyl (C=O) groups excluding carboxylic acids is 1. The molecule has 0 saturated heterocycles. The van der Waals surface area contributed by atoms with Gasteiger partial charge in [-0.3, -0.25) is 9.79 Å². The molecular weight excluding hydrogens is 212 g/mol. The number of allylic oxidation sites excluding steroid dienone is 1. The number of nitrogens with zero attached hydrogens (tertiary/aromatic N) is 1. The quantitative estimate of drug-likeness (QED) is 0.483. The highest BCUT2D eigenvalue weighted by molar-refractivity contribution is 6.32. The number of aldehydes is 1. The fourth-order valence-corrected chi connectivity index (χ4v) is 1.38. The van der Waals surface area contributed by atoms with Crippen LogP contribution in [0.3, 0.4) is 0 Å². The van der Waals surface area contributed by atoms with E-state index in [2.05, 4.69) is 4.99 Å². The molecule has 0 fully saturated rings. The molecule has 1 rings (SSSR count). The van der Waals surface area contributed by atoms with E-state index < -0.39 is 0 Å². The largest absolute Gasteiger partial charge is 0.398 e. The zero-order chi connectivity index (χ0) is 11.3. The zero-order valence-electron chi connectivity index (χ0n) is 8.27. The maximum absolute atomic E-state index is 10.7. The van der Waals surface area contributed by atoms with Crippen LogP contribution in [0.25, 0.3) is 5.70 Å². The monoisotopic (exact) mass is 222 g/mol. The molecule has 0 aliphatic carbocycles. The van der Waals surface area contributed by atoms with E-state index in [1.165, 1.54) is 6.21 Å². The average molecular weight is 223 g/mol. The summed E-state index contributed by atoms with van der Waals surface area (Å²) in [5.74, 6) is 0. The number of hydrogen-bond donors (Lipinski definition) is 1. The van der Waals surface area contributed by atoms with Gasteiger partial charge in [-0.1, -0.05) is 29.8 Å². The molecule has 0 aliphatic heterocycles. The number of rotatable bonds is 3. The van der Waals surface area contributed by atoms with E-state index in [0.29, 0.717) is 28.1 Å². The molecule has 2 N–H and O–H groups in total. The zero-order valence-corrected chi connectivity index (χ0v) is 9.03. The number of aliphatic imine (C=N–C) groups is 1. The molecule has 0 saturated carbocycles. The van der Waals surface area contributed by atoms with Gasteiger partial charge in [0, 0.05) is 23.8 Å². The third-order valence-corrected chi connectivity index (χ3v) is 2.20. The molecule has 0 aliphatic rings. The molecule has 0 spiro atoms. The third kappa shape index (κ3) is 2.67. The minimum absolute atomic E-state index is 0.325. The Labute approximate surface area is 93.3 Å². The number of carbonyl (C=O) groups is 1. The second-order valence-corrected chi connectivity index (χ2v) is 3.26. The topological polar surface area (TPSA) is 55.5 Å². The summed E-state index contributed by atoms with van der Waals surface area (Å²) in [4.78, 5) is 14.5.